The predicted molar refractivity (Wildman–Crippen MR) is 63.6 cm³/mol. The molecule has 0 heterocycles. The van der Waals surface area contributed by atoms with E-state index in [0.29, 0.717) is 5.92 Å². The van der Waals surface area contributed by atoms with E-state index in [1.54, 1.807) is 0 Å². The first-order valence-corrected chi connectivity index (χ1v) is 6.14. The molecular formula is C13H16F2N2. The summed E-state index contributed by atoms with van der Waals surface area (Å²) in [6.07, 6.45) is 4.69. The lowest BCUT2D eigenvalue weighted by Gasteiger charge is -2.24. The number of fused-ring (bicyclic) bond motifs is 2. The van der Waals surface area contributed by atoms with E-state index in [1.165, 1.54) is 31.4 Å². The molecule has 0 radical (unpaired) electrons. The zero-order valence-corrected chi connectivity index (χ0v) is 9.55. The highest BCUT2D eigenvalue weighted by atomic mass is 19.1. The van der Waals surface area contributed by atoms with Crippen LogP contribution in [0.4, 0.5) is 20.2 Å². The Morgan fingerprint density at radius 2 is 1.82 bits per heavy atom. The number of nitrogens with two attached hydrogens (primary N) is 1. The summed E-state index contributed by atoms with van der Waals surface area (Å²) < 4.78 is 27.2. The number of benzene rings is 1. The third-order valence-electron chi connectivity index (χ3n) is 4.13. The third-order valence-corrected chi connectivity index (χ3v) is 4.13. The van der Waals surface area contributed by atoms with E-state index in [0.717, 1.165) is 12.3 Å². The SMILES string of the molecule is Nc1cc(F)c(NC2CC3CCC2C3)c(F)c1. The standard InChI is InChI=1S/C13H16F2N2/c14-10-5-9(16)6-11(15)13(10)17-12-4-7-1-2-8(12)3-7/h5-8,12,17H,1-4,16H2. The van der Waals surface area contributed by atoms with Gasteiger partial charge in [0.1, 0.15) is 5.69 Å². The fourth-order valence-corrected chi connectivity index (χ4v) is 3.34. The van der Waals surface area contributed by atoms with Crippen molar-refractivity contribution in [2.75, 3.05) is 11.1 Å². The summed E-state index contributed by atoms with van der Waals surface area (Å²) in [5.41, 5.74) is 5.50. The second-order valence-corrected chi connectivity index (χ2v) is 5.29. The van der Waals surface area contributed by atoms with E-state index in [4.69, 9.17) is 5.73 Å². The van der Waals surface area contributed by atoms with Gasteiger partial charge in [-0.1, -0.05) is 6.42 Å². The molecule has 0 amide bonds. The van der Waals surface area contributed by atoms with Crippen molar-refractivity contribution in [1.82, 2.24) is 0 Å². The monoisotopic (exact) mass is 238 g/mol. The number of halogens is 2. The van der Waals surface area contributed by atoms with Gasteiger partial charge in [-0.25, -0.2) is 8.78 Å². The van der Waals surface area contributed by atoms with Gasteiger partial charge in [-0.2, -0.15) is 0 Å². The van der Waals surface area contributed by atoms with E-state index in [2.05, 4.69) is 5.32 Å². The van der Waals surface area contributed by atoms with Crippen LogP contribution in [0, 0.1) is 23.5 Å². The molecule has 0 saturated heterocycles. The Morgan fingerprint density at radius 3 is 2.35 bits per heavy atom. The van der Waals surface area contributed by atoms with Crippen LogP contribution in [0.3, 0.4) is 0 Å². The number of nitrogen functional groups attached to an aromatic ring is 1. The Bertz CT molecular complexity index is 424. The van der Waals surface area contributed by atoms with Crippen LogP contribution in [0.1, 0.15) is 25.7 Å². The summed E-state index contributed by atoms with van der Waals surface area (Å²) in [5, 5.41) is 3.03. The molecule has 4 heteroatoms. The highest BCUT2D eigenvalue weighted by molar-refractivity contribution is 5.54. The number of anilines is 2. The molecule has 2 aliphatic rings. The van der Waals surface area contributed by atoms with Crippen LogP contribution in [-0.4, -0.2) is 6.04 Å². The highest BCUT2D eigenvalue weighted by Crippen LogP contribution is 2.45. The van der Waals surface area contributed by atoms with E-state index in [9.17, 15) is 8.78 Å². The fourth-order valence-electron chi connectivity index (χ4n) is 3.34. The lowest BCUT2D eigenvalue weighted by Crippen LogP contribution is -2.26. The Morgan fingerprint density at radius 1 is 1.12 bits per heavy atom. The van der Waals surface area contributed by atoms with E-state index >= 15 is 0 Å². The molecule has 17 heavy (non-hydrogen) atoms. The first-order valence-electron chi connectivity index (χ1n) is 6.14. The second-order valence-electron chi connectivity index (χ2n) is 5.29. The van der Waals surface area contributed by atoms with Gasteiger partial charge in [0.25, 0.3) is 0 Å². The minimum Gasteiger partial charge on any atom is -0.399 e. The molecule has 3 atom stereocenters. The smallest absolute Gasteiger partial charge is 0.151 e. The van der Waals surface area contributed by atoms with E-state index < -0.39 is 11.6 Å². The molecule has 0 aromatic heterocycles. The first-order chi connectivity index (χ1) is 8.13. The topological polar surface area (TPSA) is 38.0 Å². The largest absolute Gasteiger partial charge is 0.399 e. The van der Waals surface area contributed by atoms with Gasteiger partial charge in [-0.15, -0.1) is 0 Å². The van der Waals surface area contributed by atoms with Crippen molar-refractivity contribution >= 4 is 11.4 Å². The second kappa shape index (κ2) is 3.86. The molecule has 0 spiro atoms. The average Bonchev–Trinajstić information content (AvgIpc) is 2.84. The van der Waals surface area contributed by atoms with Gasteiger partial charge in [0.05, 0.1) is 0 Å². The molecule has 3 rings (SSSR count). The highest BCUT2D eigenvalue weighted by Gasteiger charge is 2.39. The van der Waals surface area contributed by atoms with Gasteiger partial charge < -0.3 is 11.1 Å². The van der Waals surface area contributed by atoms with Crippen molar-refractivity contribution in [3.63, 3.8) is 0 Å². The summed E-state index contributed by atoms with van der Waals surface area (Å²) >= 11 is 0. The maximum Gasteiger partial charge on any atom is 0.151 e. The van der Waals surface area contributed by atoms with Gasteiger partial charge in [0.2, 0.25) is 0 Å². The van der Waals surface area contributed by atoms with Gasteiger partial charge in [0.15, 0.2) is 11.6 Å². The zero-order chi connectivity index (χ0) is 12.0. The van der Waals surface area contributed by atoms with Crippen LogP contribution in [0.15, 0.2) is 12.1 Å². The molecule has 2 bridgehead atoms. The van der Waals surface area contributed by atoms with E-state index in [1.807, 2.05) is 0 Å². The van der Waals surface area contributed by atoms with Crippen LogP contribution in [0.25, 0.3) is 0 Å². The quantitative estimate of drug-likeness (QED) is 0.777. The molecule has 0 aliphatic heterocycles. The maximum atomic E-state index is 13.6. The zero-order valence-electron chi connectivity index (χ0n) is 9.55. The lowest BCUT2D eigenvalue weighted by atomic mass is 9.95. The molecule has 2 nitrogen and oxygen atoms in total. The molecule has 92 valence electrons. The van der Waals surface area contributed by atoms with Gasteiger partial charge in [-0.05, 0) is 43.2 Å². The first kappa shape index (κ1) is 10.8. The van der Waals surface area contributed by atoms with Crippen molar-refractivity contribution in [3.8, 4) is 0 Å². The Hall–Kier alpha value is -1.32. The normalized spacial score (nSPS) is 30.8. The van der Waals surface area contributed by atoms with Crippen LogP contribution < -0.4 is 11.1 Å². The Balaban J connectivity index is 1.81. The molecule has 2 fully saturated rings. The van der Waals surface area contributed by atoms with Crippen molar-refractivity contribution in [1.29, 1.82) is 0 Å². The molecular weight excluding hydrogens is 222 g/mol. The molecule has 1 aromatic carbocycles. The Kier molecular flexibility index (Phi) is 2.45. The number of hydrogen-bond acceptors (Lipinski definition) is 2. The molecule has 1 aromatic rings. The predicted octanol–water partition coefficient (Wildman–Crippen LogP) is 3.15. The summed E-state index contributed by atoms with van der Waals surface area (Å²) in [4.78, 5) is 0. The number of hydrogen-bond donors (Lipinski definition) is 2. The van der Waals surface area contributed by atoms with Crippen molar-refractivity contribution in [3.05, 3.63) is 23.8 Å². The summed E-state index contributed by atoms with van der Waals surface area (Å²) in [5.74, 6) is 0.143. The summed E-state index contributed by atoms with van der Waals surface area (Å²) in [6.45, 7) is 0. The Labute approximate surface area is 99.2 Å². The average molecular weight is 238 g/mol. The minimum absolute atomic E-state index is 0.0169. The number of nitrogens with one attached hydrogen (secondary N) is 1. The van der Waals surface area contributed by atoms with Crippen LogP contribution in [0.5, 0.6) is 0 Å². The summed E-state index contributed by atoms with van der Waals surface area (Å²) in [6, 6.07) is 2.55. The van der Waals surface area contributed by atoms with Crippen molar-refractivity contribution in [2.24, 2.45) is 11.8 Å². The summed E-state index contributed by atoms with van der Waals surface area (Å²) in [7, 11) is 0. The molecule has 2 saturated carbocycles. The van der Waals surface area contributed by atoms with Crippen molar-refractivity contribution in [2.45, 2.75) is 31.7 Å². The van der Waals surface area contributed by atoms with Crippen LogP contribution in [-0.2, 0) is 0 Å². The van der Waals surface area contributed by atoms with Crippen LogP contribution in [0.2, 0.25) is 0 Å². The van der Waals surface area contributed by atoms with E-state index in [-0.39, 0.29) is 17.4 Å². The minimum atomic E-state index is -0.592. The third kappa shape index (κ3) is 1.85. The van der Waals surface area contributed by atoms with Crippen LogP contribution >= 0.6 is 0 Å². The molecule has 3 unspecified atom stereocenters. The molecule has 3 N–H and O–H groups in total. The maximum absolute atomic E-state index is 13.6. The molecule has 2 aliphatic carbocycles. The van der Waals surface area contributed by atoms with Gasteiger partial charge in [0, 0.05) is 11.7 Å². The lowest BCUT2D eigenvalue weighted by molar-refractivity contribution is 0.435. The van der Waals surface area contributed by atoms with Gasteiger partial charge in [-0.3, -0.25) is 0 Å². The fraction of sp³-hybridized carbons (Fsp3) is 0.538. The van der Waals surface area contributed by atoms with Crippen molar-refractivity contribution < 1.29 is 8.78 Å². The number of rotatable bonds is 2. The van der Waals surface area contributed by atoms with Gasteiger partial charge >= 0.3 is 0 Å².